The van der Waals surface area contributed by atoms with E-state index >= 15 is 0 Å². The Hall–Kier alpha value is -0.650. The second kappa shape index (κ2) is 5.29. The van der Waals surface area contributed by atoms with Crippen molar-refractivity contribution >= 4 is 5.97 Å². The van der Waals surface area contributed by atoms with Crippen molar-refractivity contribution in [3.8, 4) is 0 Å². The van der Waals surface area contributed by atoms with Crippen molar-refractivity contribution < 1.29 is 20.1 Å². The molecule has 1 unspecified atom stereocenters. The van der Waals surface area contributed by atoms with E-state index in [0.29, 0.717) is 0 Å². The fourth-order valence-corrected chi connectivity index (χ4v) is 0.917. The molecule has 0 aromatic carbocycles. The molecule has 2 atom stereocenters. The van der Waals surface area contributed by atoms with E-state index in [1.165, 1.54) is 6.92 Å². The third-order valence-corrected chi connectivity index (χ3v) is 2.17. The molecule has 0 aromatic rings. The van der Waals surface area contributed by atoms with E-state index in [-0.39, 0.29) is 25.1 Å². The minimum atomic E-state index is -1.79. The Morgan fingerprint density at radius 3 is 2.29 bits per heavy atom. The minimum Gasteiger partial charge on any atom is -0.479 e. The first-order chi connectivity index (χ1) is 6.31. The Bertz CT molecular complexity index is 191. The first-order valence-corrected chi connectivity index (χ1v) is 4.61. The van der Waals surface area contributed by atoms with Crippen LogP contribution < -0.4 is 5.32 Å². The van der Waals surface area contributed by atoms with Gasteiger partial charge in [-0.1, -0.05) is 13.8 Å². The summed E-state index contributed by atoms with van der Waals surface area (Å²) in [5.74, 6) is -1.09. The smallest absolute Gasteiger partial charge is 0.336 e. The van der Waals surface area contributed by atoms with Gasteiger partial charge in [-0.25, -0.2) is 4.79 Å². The molecule has 14 heavy (non-hydrogen) atoms. The largest absolute Gasteiger partial charge is 0.479 e. The predicted octanol–water partition coefficient (Wildman–Crippen LogP) is -0.571. The van der Waals surface area contributed by atoms with Crippen molar-refractivity contribution in [2.75, 3.05) is 13.2 Å². The van der Waals surface area contributed by atoms with Crippen LogP contribution in [0.2, 0.25) is 0 Å². The van der Waals surface area contributed by atoms with Crippen molar-refractivity contribution in [1.29, 1.82) is 0 Å². The molecule has 0 aliphatic heterocycles. The summed E-state index contributed by atoms with van der Waals surface area (Å²) in [5.41, 5.74) is -1.79. The molecule has 84 valence electrons. The molecule has 0 bridgehead atoms. The van der Waals surface area contributed by atoms with E-state index in [1.54, 1.807) is 0 Å². The van der Waals surface area contributed by atoms with Gasteiger partial charge in [0.05, 0.1) is 6.61 Å². The van der Waals surface area contributed by atoms with Crippen molar-refractivity contribution in [1.82, 2.24) is 5.32 Å². The predicted molar refractivity (Wildman–Crippen MR) is 52.0 cm³/mol. The van der Waals surface area contributed by atoms with Gasteiger partial charge in [0.15, 0.2) is 5.60 Å². The van der Waals surface area contributed by atoms with Crippen LogP contribution in [0.3, 0.4) is 0 Å². The van der Waals surface area contributed by atoms with Crippen LogP contribution in [0.15, 0.2) is 0 Å². The Morgan fingerprint density at radius 2 is 2.00 bits per heavy atom. The molecule has 0 rings (SSSR count). The first-order valence-electron chi connectivity index (χ1n) is 4.61. The lowest BCUT2D eigenvalue weighted by atomic mass is 10.0. The molecule has 0 radical (unpaired) electrons. The van der Waals surface area contributed by atoms with Gasteiger partial charge in [0.25, 0.3) is 0 Å². The molecule has 0 aromatic heterocycles. The molecule has 5 heteroatoms. The molecule has 0 saturated heterocycles. The molecule has 0 spiro atoms. The lowest BCUT2D eigenvalue weighted by molar-refractivity contribution is -0.156. The second-order valence-corrected chi connectivity index (χ2v) is 3.99. The van der Waals surface area contributed by atoms with E-state index in [0.717, 1.165) is 0 Å². The SMILES string of the molecule is CC(C)[C@@H](CO)NCC(C)(O)C(=O)O. The average Bonchev–Trinajstić information content (AvgIpc) is 2.04. The summed E-state index contributed by atoms with van der Waals surface area (Å²) in [6.45, 7) is 4.88. The van der Waals surface area contributed by atoms with Gasteiger partial charge in [-0.05, 0) is 12.8 Å². The van der Waals surface area contributed by atoms with E-state index < -0.39 is 11.6 Å². The number of aliphatic hydroxyl groups excluding tert-OH is 1. The zero-order valence-electron chi connectivity index (χ0n) is 8.82. The number of carboxylic acids is 1. The zero-order chi connectivity index (χ0) is 11.4. The highest BCUT2D eigenvalue weighted by molar-refractivity contribution is 5.76. The third kappa shape index (κ3) is 4.04. The molecule has 0 fully saturated rings. The third-order valence-electron chi connectivity index (χ3n) is 2.17. The van der Waals surface area contributed by atoms with Crippen LogP contribution in [0.4, 0.5) is 0 Å². The van der Waals surface area contributed by atoms with E-state index in [9.17, 15) is 9.90 Å². The topological polar surface area (TPSA) is 89.8 Å². The number of carbonyl (C=O) groups is 1. The molecule has 0 amide bonds. The average molecular weight is 205 g/mol. The van der Waals surface area contributed by atoms with E-state index in [2.05, 4.69) is 5.32 Å². The fourth-order valence-electron chi connectivity index (χ4n) is 0.917. The summed E-state index contributed by atoms with van der Waals surface area (Å²) in [6, 6.07) is -0.194. The molecular weight excluding hydrogens is 186 g/mol. The number of aliphatic carboxylic acids is 1. The molecule has 4 N–H and O–H groups in total. The molecular formula is C9H19NO4. The second-order valence-electron chi connectivity index (χ2n) is 3.99. The summed E-state index contributed by atoms with van der Waals surface area (Å²) in [6.07, 6.45) is 0. The van der Waals surface area contributed by atoms with Gasteiger partial charge < -0.3 is 20.6 Å². The van der Waals surface area contributed by atoms with Crippen molar-refractivity contribution in [3.05, 3.63) is 0 Å². The zero-order valence-corrected chi connectivity index (χ0v) is 8.82. The monoisotopic (exact) mass is 205 g/mol. The normalized spacial score (nSPS) is 17.9. The first kappa shape index (κ1) is 13.4. The van der Waals surface area contributed by atoms with E-state index in [1.807, 2.05) is 13.8 Å². The van der Waals surface area contributed by atoms with Crippen molar-refractivity contribution in [2.45, 2.75) is 32.4 Å². The summed E-state index contributed by atoms with van der Waals surface area (Å²) in [4.78, 5) is 10.5. The minimum absolute atomic E-state index is 0.0760. The lowest BCUT2D eigenvalue weighted by Crippen LogP contribution is -2.50. The Kier molecular flexibility index (Phi) is 5.04. The Balaban J connectivity index is 4.09. The fraction of sp³-hybridized carbons (Fsp3) is 0.889. The maximum absolute atomic E-state index is 10.5. The van der Waals surface area contributed by atoms with Crippen LogP contribution in [0.1, 0.15) is 20.8 Å². The summed E-state index contributed by atoms with van der Waals surface area (Å²) < 4.78 is 0. The summed E-state index contributed by atoms with van der Waals surface area (Å²) in [5, 5.41) is 29.7. The van der Waals surface area contributed by atoms with Crippen molar-refractivity contribution in [2.24, 2.45) is 5.92 Å². The molecule has 0 aliphatic rings. The Labute approximate surface area is 83.8 Å². The van der Waals surface area contributed by atoms with E-state index in [4.69, 9.17) is 10.2 Å². The summed E-state index contributed by atoms with van der Waals surface area (Å²) in [7, 11) is 0. The van der Waals surface area contributed by atoms with Gasteiger partial charge in [0.2, 0.25) is 0 Å². The number of carboxylic acid groups (broad SMARTS) is 1. The Morgan fingerprint density at radius 1 is 1.50 bits per heavy atom. The van der Waals surface area contributed by atoms with Gasteiger partial charge in [0, 0.05) is 12.6 Å². The number of nitrogens with one attached hydrogen (secondary N) is 1. The van der Waals surface area contributed by atoms with Crippen LogP contribution in [-0.4, -0.2) is 46.1 Å². The highest BCUT2D eigenvalue weighted by atomic mass is 16.4. The van der Waals surface area contributed by atoms with Crippen LogP contribution in [0, 0.1) is 5.92 Å². The quantitative estimate of drug-likeness (QED) is 0.466. The van der Waals surface area contributed by atoms with Gasteiger partial charge in [-0.3, -0.25) is 0 Å². The standard InChI is InChI=1S/C9H19NO4/c1-6(2)7(4-11)10-5-9(3,14)8(12)13/h6-7,10-11,14H,4-5H2,1-3H3,(H,12,13)/t7-,9?/m1/s1. The maximum atomic E-state index is 10.5. The van der Waals surface area contributed by atoms with Crippen LogP contribution >= 0.6 is 0 Å². The molecule has 0 saturated carbocycles. The maximum Gasteiger partial charge on any atom is 0.336 e. The molecule has 5 nitrogen and oxygen atoms in total. The van der Waals surface area contributed by atoms with Crippen LogP contribution in [-0.2, 0) is 4.79 Å². The molecule has 0 aliphatic carbocycles. The van der Waals surface area contributed by atoms with Crippen LogP contribution in [0.25, 0.3) is 0 Å². The van der Waals surface area contributed by atoms with Crippen molar-refractivity contribution in [3.63, 3.8) is 0 Å². The highest BCUT2D eigenvalue weighted by Crippen LogP contribution is 2.05. The number of rotatable bonds is 6. The lowest BCUT2D eigenvalue weighted by Gasteiger charge is -2.25. The number of hydrogen-bond donors (Lipinski definition) is 4. The van der Waals surface area contributed by atoms with Gasteiger partial charge in [-0.15, -0.1) is 0 Å². The number of hydrogen-bond acceptors (Lipinski definition) is 4. The van der Waals surface area contributed by atoms with Gasteiger partial charge in [-0.2, -0.15) is 0 Å². The van der Waals surface area contributed by atoms with Gasteiger partial charge in [0.1, 0.15) is 0 Å². The van der Waals surface area contributed by atoms with Crippen LogP contribution in [0.5, 0.6) is 0 Å². The summed E-state index contributed by atoms with van der Waals surface area (Å²) >= 11 is 0. The van der Waals surface area contributed by atoms with Gasteiger partial charge >= 0.3 is 5.97 Å². The highest BCUT2D eigenvalue weighted by Gasteiger charge is 2.30. The molecule has 0 heterocycles. The number of aliphatic hydroxyl groups is 2.